The fraction of sp³-hybridized carbons (Fsp3) is 0.769. The maximum absolute atomic E-state index is 11.7. The van der Waals surface area contributed by atoms with Gasteiger partial charge in [0.15, 0.2) is 5.78 Å². The van der Waals surface area contributed by atoms with Gasteiger partial charge in [0.05, 0.1) is 19.8 Å². The van der Waals surface area contributed by atoms with E-state index in [0.29, 0.717) is 26.4 Å². The molecule has 0 heterocycles. The van der Waals surface area contributed by atoms with Crippen LogP contribution in [0.1, 0.15) is 20.3 Å². The average molecular weight is 273 g/mol. The van der Waals surface area contributed by atoms with Crippen LogP contribution in [0.3, 0.4) is 0 Å². The van der Waals surface area contributed by atoms with Crippen LogP contribution in [0.5, 0.6) is 0 Å². The first-order valence-corrected chi connectivity index (χ1v) is 6.32. The molecule has 0 spiro atoms. The second-order valence-electron chi connectivity index (χ2n) is 4.43. The number of carbonyl (C=O) groups is 3. The van der Waals surface area contributed by atoms with Crippen molar-refractivity contribution in [3.63, 3.8) is 0 Å². The number of ether oxygens (including phenoxy) is 2. The van der Waals surface area contributed by atoms with E-state index in [9.17, 15) is 14.4 Å². The lowest BCUT2D eigenvalue weighted by Crippen LogP contribution is -2.34. The van der Waals surface area contributed by atoms with Crippen molar-refractivity contribution in [1.29, 1.82) is 0 Å². The Morgan fingerprint density at radius 1 is 1.21 bits per heavy atom. The third-order valence-corrected chi connectivity index (χ3v) is 2.50. The Bertz CT molecular complexity index is 293. The second-order valence-corrected chi connectivity index (χ2v) is 4.43. The molecule has 0 saturated heterocycles. The largest absolute Gasteiger partial charge is 0.377 e. The second kappa shape index (κ2) is 10.6. The molecule has 0 fully saturated rings. The molecule has 0 bridgehead atoms. The van der Waals surface area contributed by atoms with Gasteiger partial charge >= 0.3 is 0 Å². The Hall–Kier alpha value is -1.27. The Labute approximate surface area is 114 Å². The van der Waals surface area contributed by atoms with Gasteiger partial charge in [-0.05, 0) is 6.92 Å². The molecule has 6 nitrogen and oxygen atoms in total. The van der Waals surface area contributed by atoms with Crippen molar-refractivity contribution < 1.29 is 23.9 Å². The number of likely N-dealkylation sites (N-methyl/N-ethyl adjacent to an activating group) is 1. The third kappa shape index (κ3) is 9.32. The number of amides is 1. The van der Waals surface area contributed by atoms with E-state index in [4.69, 9.17) is 9.47 Å². The van der Waals surface area contributed by atoms with E-state index in [1.54, 1.807) is 18.9 Å². The van der Waals surface area contributed by atoms with Crippen molar-refractivity contribution in [3.8, 4) is 0 Å². The van der Waals surface area contributed by atoms with Crippen LogP contribution in [0.2, 0.25) is 0 Å². The number of rotatable bonds is 11. The van der Waals surface area contributed by atoms with Gasteiger partial charge in [-0.15, -0.1) is 0 Å². The fourth-order valence-electron chi connectivity index (χ4n) is 1.37. The number of carbonyl (C=O) groups excluding carboxylic acids is 3. The van der Waals surface area contributed by atoms with Gasteiger partial charge in [0.2, 0.25) is 5.91 Å². The Morgan fingerprint density at radius 2 is 1.84 bits per heavy atom. The summed E-state index contributed by atoms with van der Waals surface area (Å²) in [6.07, 6.45) is 0.988. The summed E-state index contributed by atoms with van der Waals surface area (Å²) in [5.74, 6) is -0.376. The molecule has 0 saturated carbocycles. The molecule has 1 atom stereocenters. The maximum atomic E-state index is 11.7. The minimum Gasteiger partial charge on any atom is -0.377 e. The Morgan fingerprint density at radius 3 is 2.42 bits per heavy atom. The van der Waals surface area contributed by atoms with Crippen LogP contribution >= 0.6 is 0 Å². The van der Waals surface area contributed by atoms with E-state index in [2.05, 4.69) is 0 Å². The van der Waals surface area contributed by atoms with Crippen molar-refractivity contribution in [2.75, 3.05) is 40.0 Å². The molecule has 0 aromatic carbocycles. The van der Waals surface area contributed by atoms with E-state index >= 15 is 0 Å². The van der Waals surface area contributed by atoms with Crippen LogP contribution < -0.4 is 0 Å². The van der Waals surface area contributed by atoms with Gasteiger partial charge in [-0.2, -0.15) is 0 Å². The van der Waals surface area contributed by atoms with Crippen LogP contribution in [0.15, 0.2) is 0 Å². The summed E-state index contributed by atoms with van der Waals surface area (Å²) in [4.78, 5) is 34.2. The van der Waals surface area contributed by atoms with Crippen LogP contribution in [0, 0.1) is 5.92 Å². The number of hydrogen-bond acceptors (Lipinski definition) is 5. The molecule has 0 radical (unpaired) electrons. The SMILES string of the molecule is CC(=O)COCCOCCN(C)C(=O)C(C)CC=O. The zero-order chi connectivity index (χ0) is 14.7. The van der Waals surface area contributed by atoms with Crippen LogP contribution in [0.4, 0.5) is 0 Å². The highest BCUT2D eigenvalue weighted by Crippen LogP contribution is 2.03. The number of aldehydes is 1. The normalized spacial score (nSPS) is 11.9. The highest BCUT2D eigenvalue weighted by molar-refractivity contribution is 5.80. The number of hydrogen-bond donors (Lipinski definition) is 0. The van der Waals surface area contributed by atoms with Crippen molar-refractivity contribution in [2.24, 2.45) is 5.92 Å². The zero-order valence-electron chi connectivity index (χ0n) is 11.9. The average Bonchev–Trinajstić information content (AvgIpc) is 2.36. The van der Waals surface area contributed by atoms with Gasteiger partial charge < -0.3 is 19.2 Å². The lowest BCUT2D eigenvalue weighted by Gasteiger charge is -2.20. The molecule has 0 rings (SSSR count). The Kier molecular flexibility index (Phi) is 9.92. The first-order chi connectivity index (χ1) is 8.99. The third-order valence-electron chi connectivity index (χ3n) is 2.50. The topological polar surface area (TPSA) is 72.9 Å². The van der Waals surface area contributed by atoms with Crippen molar-refractivity contribution >= 4 is 18.0 Å². The molecular formula is C13H23NO5. The molecule has 6 heteroatoms. The molecule has 0 aliphatic rings. The van der Waals surface area contributed by atoms with Gasteiger partial charge in [0.25, 0.3) is 0 Å². The summed E-state index contributed by atoms with van der Waals surface area (Å²) in [5, 5.41) is 0. The molecular weight excluding hydrogens is 250 g/mol. The number of nitrogens with zero attached hydrogens (tertiary/aromatic N) is 1. The predicted molar refractivity (Wildman–Crippen MR) is 69.8 cm³/mol. The molecule has 1 amide bonds. The summed E-state index contributed by atoms with van der Waals surface area (Å²) in [6, 6.07) is 0. The molecule has 0 aromatic rings. The highest BCUT2D eigenvalue weighted by Gasteiger charge is 2.16. The molecule has 0 aliphatic carbocycles. The first-order valence-electron chi connectivity index (χ1n) is 6.32. The minimum absolute atomic E-state index is 0.0190. The van der Waals surface area contributed by atoms with Gasteiger partial charge in [-0.3, -0.25) is 9.59 Å². The summed E-state index contributed by atoms with van der Waals surface area (Å²) >= 11 is 0. The number of Topliss-reactive ketones (excluding diaryl/α,β-unsaturated/α-hetero) is 1. The highest BCUT2D eigenvalue weighted by atomic mass is 16.5. The smallest absolute Gasteiger partial charge is 0.225 e. The number of ketones is 1. The first kappa shape index (κ1) is 17.7. The van der Waals surface area contributed by atoms with Gasteiger partial charge in [-0.25, -0.2) is 0 Å². The summed E-state index contributed by atoms with van der Waals surface area (Å²) in [6.45, 7) is 4.91. The molecule has 19 heavy (non-hydrogen) atoms. The monoisotopic (exact) mass is 273 g/mol. The Balaban J connectivity index is 3.57. The van der Waals surface area contributed by atoms with Gasteiger partial charge in [0, 0.05) is 25.9 Å². The minimum atomic E-state index is -0.290. The maximum Gasteiger partial charge on any atom is 0.225 e. The lowest BCUT2D eigenvalue weighted by atomic mass is 10.1. The molecule has 1 unspecified atom stereocenters. The summed E-state index contributed by atoms with van der Waals surface area (Å²) in [7, 11) is 1.68. The molecule has 110 valence electrons. The van der Waals surface area contributed by atoms with Crippen LogP contribution in [0.25, 0.3) is 0 Å². The molecule has 0 N–H and O–H groups in total. The van der Waals surface area contributed by atoms with E-state index in [1.807, 2.05) is 0 Å². The molecule has 0 aromatic heterocycles. The predicted octanol–water partition coefficient (Wildman–Crippen LogP) is 0.292. The van der Waals surface area contributed by atoms with Crippen LogP contribution in [-0.4, -0.2) is 62.9 Å². The van der Waals surface area contributed by atoms with Crippen molar-refractivity contribution in [2.45, 2.75) is 20.3 Å². The summed E-state index contributed by atoms with van der Waals surface area (Å²) < 4.78 is 10.3. The van der Waals surface area contributed by atoms with E-state index in [1.165, 1.54) is 6.92 Å². The standard InChI is InChI=1S/C13H23NO5/c1-11(4-6-15)13(17)14(3)5-7-18-8-9-19-10-12(2)16/h6,11H,4-5,7-10H2,1-3H3. The molecule has 0 aliphatic heterocycles. The van der Waals surface area contributed by atoms with E-state index in [0.717, 1.165) is 6.29 Å². The fourth-order valence-corrected chi connectivity index (χ4v) is 1.37. The van der Waals surface area contributed by atoms with E-state index < -0.39 is 0 Å². The quantitative estimate of drug-likeness (QED) is 0.400. The van der Waals surface area contributed by atoms with Crippen LogP contribution in [-0.2, 0) is 23.9 Å². The van der Waals surface area contributed by atoms with Crippen molar-refractivity contribution in [1.82, 2.24) is 4.90 Å². The zero-order valence-corrected chi connectivity index (χ0v) is 11.9. The van der Waals surface area contributed by atoms with E-state index in [-0.39, 0.29) is 30.6 Å². The van der Waals surface area contributed by atoms with Gasteiger partial charge in [-0.1, -0.05) is 6.92 Å². The van der Waals surface area contributed by atoms with Gasteiger partial charge in [0.1, 0.15) is 12.9 Å². The lowest BCUT2D eigenvalue weighted by molar-refractivity contribution is -0.135. The van der Waals surface area contributed by atoms with Crippen molar-refractivity contribution in [3.05, 3.63) is 0 Å². The summed E-state index contributed by atoms with van der Waals surface area (Å²) in [5.41, 5.74) is 0.